The quantitative estimate of drug-likeness (QED) is 0.0503. The Hall–Kier alpha value is -10.4. The molecule has 608 valence electrons. The van der Waals surface area contributed by atoms with Crippen LogP contribution in [0, 0.1) is 49.4 Å². The van der Waals surface area contributed by atoms with Crippen LogP contribution in [0.3, 0.4) is 0 Å². The van der Waals surface area contributed by atoms with Crippen molar-refractivity contribution in [3.05, 3.63) is 460 Å². The minimum atomic E-state index is -0.847. The smallest absolute Gasteiger partial charge is 0.366 e. The first-order valence-corrected chi connectivity index (χ1v) is 46.4. The molecule has 20 rings (SSSR count). The molecule has 0 N–H and O–H groups in total. The third kappa shape index (κ3) is 21.1. The molecule has 12 heteroatoms. The Labute approximate surface area is 785 Å². The van der Waals surface area contributed by atoms with E-state index in [2.05, 4.69) is 386 Å². The first-order valence-electron chi connectivity index (χ1n) is 39.6. The van der Waals surface area contributed by atoms with Crippen molar-refractivity contribution in [2.24, 2.45) is 28.2 Å². The summed E-state index contributed by atoms with van der Waals surface area (Å²) in [5, 5.41) is 21.6. The van der Waals surface area contributed by atoms with Crippen LogP contribution in [0.5, 0.6) is 0 Å². The fraction of sp³-hybridized carbons (Fsp3) is 0.0545. The molecule has 0 aliphatic rings. The maximum atomic E-state index is 7.35. The number of aryl methyl sites for hydroxylation is 4. The fourth-order valence-electron chi connectivity index (χ4n) is 16.1. The van der Waals surface area contributed by atoms with Gasteiger partial charge in [0, 0.05) is 88.5 Å². The summed E-state index contributed by atoms with van der Waals surface area (Å²) in [6.45, 7) is 0. The van der Waals surface area contributed by atoms with Gasteiger partial charge in [0.25, 0.3) is 0 Å². The number of rotatable bonds is 12. The molecule has 0 aliphatic carbocycles. The molecule has 4 aromatic heterocycles. The summed E-state index contributed by atoms with van der Waals surface area (Å²) < 4.78 is 8.65. The molecule has 0 atom stereocenters. The number of hydrogen-bond donors (Lipinski definition) is 0. The Kier molecular flexibility index (Phi) is 34.2. The van der Waals surface area contributed by atoms with E-state index < -0.39 is 31.7 Å². The van der Waals surface area contributed by atoms with E-state index in [1.165, 1.54) is 114 Å². The van der Waals surface area contributed by atoms with Gasteiger partial charge < -0.3 is 44.0 Å². The third-order valence-corrected chi connectivity index (χ3v) is 35.8. The summed E-state index contributed by atoms with van der Waals surface area (Å²) in [5.74, 6) is 12.4. The summed E-state index contributed by atoms with van der Waals surface area (Å²) in [5.41, 5.74) is 12.8. The number of benzene rings is 16. The first-order chi connectivity index (χ1) is 58.1. The van der Waals surface area contributed by atoms with Gasteiger partial charge in [-0.3, -0.25) is 23.7 Å². The Morgan fingerprint density at radius 1 is 0.197 bits per heavy atom. The van der Waals surface area contributed by atoms with E-state index >= 15 is 0 Å². The number of para-hydroxylation sites is 4. The van der Waals surface area contributed by atoms with Crippen molar-refractivity contribution in [2.45, 2.75) is 0 Å². The predicted octanol–water partition coefficient (Wildman–Crippen LogP) is 22.4. The molecule has 20 aromatic rings. The molecular weight excluding hydrogens is 2290 g/mol. The van der Waals surface area contributed by atoms with E-state index in [-0.39, 0.29) is 89.5 Å². The zero-order valence-electron chi connectivity index (χ0n) is 67.7. The molecule has 122 heavy (non-hydrogen) atoms. The Morgan fingerprint density at radius 3 is 0.721 bits per heavy atom. The average molecular weight is 2380 g/mol. The second kappa shape index (κ2) is 45.1. The summed E-state index contributed by atoms with van der Waals surface area (Å²) in [6, 6.07) is 146. The maximum absolute atomic E-state index is 7.35. The summed E-state index contributed by atoms with van der Waals surface area (Å²) >= 11 is 0. The third-order valence-electron chi connectivity index (χ3n) is 21.9. The minimum absolute atomic E-state index is 0. The normalized spacial score (nSPS) is 10.5. The van der Waals surface area contributed by atoms with Crippen molar-refractivity contribution < 1.29 is 89.5 Å². The number of hydrogen-bond acceptors (Lipinski definition) is 0. The van der Waals surface area contributed by atoms with E-state index in [9.17, 15) is 0 Å². The molecule has 0 radical (unpaired) electrons. The standard InChI is InChI=1S/2C25H22P2.4C15H10N.4Au/c2*1-5-13-22(14-6-1)26(23-15-7-2-8-16-23)21-27(24-17-9-3-10-18-24)25-19-11-4-12-20-25;2*1-3-11-7-6-10-14-15(11)12-8-4-5-9-13(12)16(14)2;1-3-11-8-9-15-13(10-11)12-6-4-5-7-14(12)16(15)2;1-3-11-8-9-13-12-6-4-5-7-14(12)16(2)15(13)10-11;;;;/h2*1-20H,21H2;4*4-10H,2H3;;;;/q;;4*-1;4*+1/p+4. The van der Waals surface area contributed by atoms with Crippen LogP contribution in [0.2, 0.25) is 0 Å². The van der Waals surface area contributed by atoms with Crippen molar-refractivity contribution in [2.75, 3.05) is 11.8 Å². The first kappa shape index (κ1) is 92.4. The van der Waals surface area contributed by atoms with Crippen LogP contribution in [-0.4, -0.2) is 30.1 Å². The van der Waals surface area contributed by atoms with Crippen LogP contribution >= 0.6 is 31.7 Å². The monoisotopic (exact) mass is 2380 g/mol. The SMILES string of the molecule is [Au+].[Au+].[Au+].[Au+].[C-]#Cc1ccc2c(c1)c1ccccc1n2C.[C-]#Cc1ccc2c3ccccc3n(C)c2c1.[C-]#Cc1cccc2c1c1ccccc1n2C.[C-]#Cc1cccc2c1c1ccccc1n2C.c1ccc([PH+](C[PH+](c2ccccc2)c2ccccc2)c2ccccc2)cc1.c1ccc([PH+](C[PH+](c2ccccc2)c2ccccc2)c2ccccc2)cc1. The molecule has 0 fully saturated rings. The van der Waals surface area contributed by atoms with Gasteiger partial charge in [-0.2, -0.15) is 0 Å². The van der Waals surface area contributed by atoms with Crippen LogP contribution < -0.4 is 42.4 Å². The zero-order chi connectivity index (χ0) is 81.1. The molecule has 4 heterocycles. The Balaban J connectivity index is 0.000000144. The summed E-state index contributed by atoms with van der Waals surface area (Å²) in [7, 11) is 4.84. The molecule has 0 bridgehead atoms. The van der Waals surface area contributed by atoms with Gasteiger partial charge in [0.2, 0.25) is 0 Å². The number of aromatic nitrogens is 4. The van der Waals surface area contributed by atoms with Crippen molar-refractivity contribution in [3.8, 4) is 23.7 Å². The molecule has 0 spiro atoms. The van der Waals surface area contributed by atoms with Gasteiger partial charge in [-0.25, -0.2) is 0 Å². The van der Waals surface area contributed by atoms with Crippen molar-refractivity contribution in [1.82, 2.24) is 18.3 Å². The van der Waals surface area contributed by atoms with Gasteiger partial charge in [-0.05, 0) is 150 Å². The molecule has 0 amide bonds. The Bertz CT molecular complexity index is 6370. The summed E-state index contributed by atoms with van der Waals surface area (Å²) in [6.07, 6.45) is 29.0. The van der Waals surface area contributed by atoms with Crippen LogP contribution in [-0.2, 0) is 118 Å². The van der Waals surface area contributed by atoms with E-state index in [1.54, 1.807) is 0 Å². The van der Waals surface area contributed by atoms with E-state index in [1.807, 2.05) is 97.1 Å². The second-order valence-electron chi connectivity index (χ2n) is 28.9. The van der Waals surface area contributed by atoms with Gasteiger partial charge >= 0.3 is 89.5 Å². The van der Waals surface area contributed by atoms with Crippen molar-refractivity contribution in [3.63, 3.8) is 0 Å². The topological polar surface area (TPSA) is 19.7 Å². The Morgan fingerprint density at radius 2 is 0.418 bits per heavy atom. The van der Waals surface area contributed by atoms with E-state index in [0.29, 0.717) is 0 Å². The predicted molar refractivity (Wildman–Crippen MR) is 518 cm³/mol. The minimum Gasteiger partial charge on any atom is -0.366 e. The van der Waals surface area contributed by atoms with Crippen LogP contribution in [0.15, 0.2) is 413 Å². The molecule has 0 saturated heterocycles. The van der Waals surface area contributed by atoms with Crippen LogP contribution in [0.25, 0.3) is 87.2 Å². The zero-order valence-corrected chi connectivity index (χ0v) is 80.3. The summed E-state index contributed by atoms with van der Waals surface area (Å²) in [4.78, 5) is 0. The van der Waals surface area contributed by atoms with Crippen molar-refractivity contribution in [1.29, 1.82) is 0 Å². The van der Waals surface area contributed by atoms with Gasteiger partial charge in [-0.1, -0.05) is 253 Å². The largest absolute Gasteiger partial charge is 1.00 e. The van der Waals surface area contributed by atoms with Gasteiger partial charge in [0.05, 0.1) is 0 Å². The average Bonchev–Trinajstić information content (AvgIpc) is 1.63. The van der Waals surface area contributed by atoms with E-state index in [0.717, 1.165) is 49.6 Å². The van der Waals surface area contributed by atoms with Gasteiger partial charge in [0.15, 0.2) is 11.8 Å². The molecule has 4 nitrogen and oxygen atoms in total. The van der Waals surface area contributed by atoms with Crippen molar-refractivity contribution >= 4 is 161 Å². The van der Waals surface area contributed by atoms with E-state index in [4.69, 9.17) is 25.7 Å². The molecule has 16 aromatic carbocycles. The van der Waals surface area contributed by atoms with Crippen LogP contribution in [0.1, 0.15) is 22.3 Å². The van der Waals surface area contributed by atoms with Gasteiger partial charge in [0.1, 0.15) is 74.1 Å². The van der Waals surface area contributed by atoms with Crippen LogP contribution in [0.4, 0.5) is 0 Å². The van der Waals surface area contributed by atoms with Gasteiger partial charge in [-0.15, -0.1) is 58.7 Å². The second-order valence-corrected chi connectivity index (χ2v) is 40.1. The molecule has 0 unspecified atom stereocenters. The maximum Gasteiger partial charge on any atom is 1.00 e. The molecule has 0 aliphatic heterocycles. The number of nitrogens with zero attached hydrogens (tertiary/aromatic N) is 4. The fourth-order valence-corrected chi connectivity index (χ4v) is 31.5. The molecular formula is C110H88Au4N4P4+4. The molecule has 0 saturated carbocycles. The number of fused-ring (bicyclic) bond motifs is 12.